The number of aryl methyl sites for hydroxylation is 1. The number of anilines is 2. The van der Waals surface area contributed by atoms with Crippen molar-refractivity contribution in [2.24, 2.45) is 5.41 Å². The lowest BCUT2D eigenvalue weighted by atomic mass is 9.96. The highest BCUT2D eigenvalue weighted by molar-refractivity contribution is 7.99. The minimum Gasteiger partial charge on any atom is -0.355 e. The molecule has 1 amide bonds. The van der Waals surface area contributed by atoms with Crippen LogP contribution in [0.1, 0.15) is 42.4 Å². The number of hydrogen-bond acceptors (Lipinski definition) is 8. The number of pyridine rings is 1. The molecular formula is C24H31N7OS. The van der Waals surface area contributed by atoms with E-state index < -0.39 is 0 Å². The van der Waals surface area contributed by atoms with Crippen molar-refractivity contribution >= 4 is 29.6 Å². The molecule has 3 rings (SSSR count). The number of hydrogen-bond donors (Lipinski definition) is 2. The van der Waals surface area contributed by atoms with Crippen molar-refractivity contribution in [2.45, 2.75) is 44.3 Å². The van der Waals surface area contributed by atoms with Crippen LogP contribution in [0.5, 0.6) is 0 Å². The van der Waals surface area contributed by atoms with Gasteiger partial charge in [0, 0.05) is 37.3 Å². The van der Waals surface area contributed by atoms with Gasteiger partial charge in [-0.15, -0.1) is 0 Å². The third-order valence-electron chi connectivity index (χ3n) is 4.69. The topological polar surface area (TPSA) is 95.9 Å². The van der Waals surface area contributed by atoms with Gasteiger partial charge in [-0.05, 0) is 53.9 Å². The quantitative estimate of drug-likeness (QED) is 0.511. The molecule has 0 radical (unpaired) electrons. The molecule has 3 aromatic rings. The van der Waals surface area contributed by atoms with Crippen molar-refractivity contribution in [3.63, 3.8) is 0 Å². The Bertz CT molecular complexity index is 1100. The number of carbonyl (C=O) groups excluding carboxylic acids is 1. The van der Waals surface area contributed by atoms with Gasteiger partial charge >= 0.3 is 0 Å². The summed E-state index contributed by atoms with van der Waals surface area (Å²) in [4.78, 5) is 33.4. The molecule has 0 unspecified atom stereocenters. The zero-order valence-corrected chi connectivity index (χ0v) is 20.8. The second-order valence-electron chi connectivity index (χ2n) is 8.99. The first kappa shape index (κ1) is 24.4. The lowest BCUT2D eigenvalue weighted by Gasteiger charge is -2.26. The maximum atomic E-state index is 12.1. The van der Waals surface area contributed by atoms with Crippen LogP contribution in [0, 0.1) is 12.3 Å². The highest BCUT2D eigenvalue weighted by atomic mass is 32.2. The van der Waals surface area contributed by atoms with E-state index >= 15 is 0 Å². The normalized spacial score (nSPS) is 11.2. The van der Waals surface area contributed by atoms with Crippen molar-refractivity contribution in [3.8, 4) is 0 Å². The summed E-state index contributed by atoms with van der Waals surface area (Å²) >= 11 is 1.42. The maximum absolute atomic E-state index is 12.1. The first-order valence-electron chi connectivity index (χ1n) is 10.8. The third kappa shape index (κ3) is 7.15. The van der Waals surface area contributed by atoms with Crippen LogP contribution < -0.4 is 15.5 Å². The van der Waals surface area contributed by atoms with Crippen molar-refractivity contribution in [2.75, 3.05) is 30.9 Å². The smallest absolute Gasteiger partial charge is 0.251 e. The number of carbonyl (C=O) groups is 1. The molecule has 2 N–H and O–H groups in total. The Labute approximate surface area is 199 Å². The summed E-state index contributed by atoms with van der Waals surface area (Å²) < 4.78 is 0. The predicted octanol–water partition coefficient (Wildman–Crippen LogP) is 4.18. The van der Waals surface area contributed by atoms with Crippen LogP contribution in [0.2, 0.25) is 0 Å². The van der Waals surface area contributed by atoms with Crippen molar-refractivity contribution in [1.82, 2.24) is 25.3 Å². The molecule has 33 heavy (non-hydrogen) atoms. The lowest BCUT2D eigenvalue weighted by Crippen LogP contribution is -2.30. The molecule has 0 bridgehead atoms. The molecular weight excluding hydrogens is 434 g/mol. The minimum atomic E-state index is -0.129. The largest absolute Gasteiger partial charge is 0.355 e. The van der Waals surface area contributed by atoms with E-state index in [4.69, 9.17) is 4.98 Å². The van der Waals surface area contributed by atoms with Gasteiger partial charge in [0.25, 0.3) is 5.91 Å². The van der Waals surface area contributed by atoms with Gasteiger partial charge in [-0.2, -0.15) is 15.0 Å². The van der Waals surface area contributed by atoms with Crippen LogP contribution in [0.25, 0.3) is 0 Å². The van der Waals surface area contributed by atoms with Crippen LogP contribution >= 0.6 is 11.8 Å². The molecule has 174 valence electrons. The first-order valence-corrected chi connectivity index (χ1v) is 11.6. The summed E-state index contributed by atoms with van der Waals surface area (Å²) in [5, 5.41) is 6.49. The average molecular weight is 466 g/mol. The van der Waals surface area contributed by atoms with E-state index in [2.05, 4.69) is 46.4 Å². The van der Waals surface area contributed by atoms with Gasteiger partial charge in [0.1, 0.15) is 0 Å². The zero-order chi connectivity index (χ0) is 24.0. The second-order valence-corrected chi connectivity index (χ2v) is 10.0. The van der Waals surface area contributed by atoms with Crippen LogP contribution in [0.3, 0.4) is 0 Å². The summed E-state index contributed by atoms with van der Waals surface area (Å²) in [6.07, 6.45) is 1.76. The Balaban J connectivity index is 1.92. The fourth-order valence-corrected chi connectivity index (χ4v) is 4.06. The number of amides is 1. The summed E-state index contributed by atoms with van der Waals surface area (Å²) in [5.41, 5.74) is 2.61. The molecule has 9 heteroatoms. The van der Waals surface area contributed by atoms with E-state index in [1.54, 1.807) is 13.2 Å². The minimum absolute atomic E-state index is 0.0780. The highest BCUT2D eigenvalue weighted by Gasteiger charge is 2.18. The van der Waals surface area contributed by atoms with Gasteiger partial charge in [-0.25, -0.2) is 0 Å². The van der Waals surface area contributed by atoms with Gasteiger partial charge in [0.05, 0.1) is 12.2 Å². The summed E-state index contributed by atoms with van der Waals surface area (Å²) in [6.45, 7) is 9.81. The second kappa shape index (κ2) is 10.6. The van der Waals surface area contributed by atoms with Gasteiger partial charge in [-0.1, -0.05) is 32.9 Å². The van der Waals surface area contributed by atoms with E-state index in [1.165, 1.54) is 11.8 Å². The van der Waals surface area contributed by atoms with E-state index in [0.717, 1.165) is 22.7 Å². The molecule has 0 spiro atoms. The molecule has 0 saturated carbocycles. The van der Waals surface area contributed by atoms with Crippen LogP contribution in [-0.2, 0) is 6.54 Å². The van der Waals surface area contributed by atoms with Gasteiger partial charge in [0.2, 0.25) is 11.9 Å². The Morgan fingerprint density at radius 1 is 1.12 bits per heavy atom. The summed E-state index contributed by atoms with van der Waals surface area (Å²) in [7, 11) is 3.60. The van der Waals surface area contributed by atoms with Crippen LogP contribution in [0.4, 0.5) is 11.9 Å². The fourth-order valence-electron chi connectivity index (χ4n) is 3.19. The Kier molecular flexibility index (Phi) is 7.86. The number of aromatic nitrogens is 4. The molecule has 2 heterocycles. The summed E-state index contributed by atoms with van der Waals surface area (Å²) in [5.74, 6) is 0.941. The van der Waals surface area contributed by atoms with Gasteiger partial charge in [-0.3, -0.25) is 9.78 Å². The van der Waals surface area contributed by atoms with Crippen molar-refractivity contribution in [3.05, 3.63) is 59.4 Å². The molecule has 1 aromatic carbocycles. The van der Waals surface area contributed by atoms with Crippen LogP contribution in [-0.4, -0.2) is 46.5 Å². The van der Waals surface area contributed by atoms with Gasteiger partial charge < -0.3 is 15.5 Å². The molecule has 0 saturated heterocycles. The summed E-state index contributed by atoms with van der Waals surface area (Å²) in [6, 6.07) is 11.4. The first-order chi connectivity index (χ1) is 15.6. The monoisotopic (exact) mass is 465 g/mol. The number of benzene rings is 1. The Morgan fingerprint density at radius 2 is 1.91 bits per heavy atom. The maximum Gasteiger partial charge on any atom is 0.251 e. The SMILES string of the molecule is CNC(=O)c1ccc(C)c(Sc2nc(NCc3ccccn3)nc(N(C)CC(C)(C)C)n2)c1. The van der Waals surface area contributed by atoms with Crippen LogP contribution in [0.15, 0.2) is 52.6 Å². The third-order valence-corrected chi connectivity index (χ3v) is 5.71. The van der Waals surface area contributed by atoms with E-state index in [1.807, 2.05) is 55.3 Å². The Hall–Kier alpha value is -3.20. The number of nitrogens with zero attached hydrogens (tertiary/aromatic N) is 5. The molecule has 0 aliphatic heterocycles. The zero-order valence-electron chi connectivity index (χ0n) is 20.0. The highest BCUT2D eigenvalue weighted by Crippen LogP contribution is 2.30. The molecule has 0 aliphatic carbocycles. The van der Waals surface area contributed by atoms with E-state index in [9.17, 15) is 4.79 Å². The molecule has 0 atom stereocenters. The van der Waals surface area contributed by atoms with Gasteiger partial charge in [0.15, 0.2) is 5.16 Å². The molecule has 0 fully saturated rings. The number of nitrogens with one attached hydrogen (secondary N) is 2. The fraction of sp³-hybridized carbons (Fsp3) is 0.375. The van der Waals surface area contributed by atoms with Crippen molar-refractivity contribution < 1.29 is 4.79 Å². The van der Waals surface area contributed by atoms with Crippen molar-refractivity contribution in [1.29, 1.82) is 0 Å². The average Bonchev–Trinajstić information content (AvgIpc) is 2.78. The molecule has 8 nitrogen and oxygen atoms in total. The number of rotatable bonds is 8. The predicted molar refractivity (Wildman–Crippen MR) is 133 cm³/mol. The molecule has 2 aromatic heterocycles. The molecule has 0 aliphatic rings. The standard InChI is InChI=1S/C24H31N7OS/c1-16-10-11-17(20(32)25-5)13-19(16)33-23-29-21(27-14-18-9-7-8-12-26-18)28-22(30-23)31(6)15-24(2,3)4/h7-13H,14-15H2,1-6H3,(H,25,32)(H,27,28,29,30). The van der Waals surface area contributed by atoms with E-state index in [0.29, 0.717) is 29.2 Å². The lowest BCUT2D eigenvalue weighted by molar-refractivity contribution is 0.0963. The Morgan fingerprint density at radius 3 is 2.58 bits per heavy atom. The van der Waals surface area contributed by atoms with E-state index in [-0.39, 0.29) is 11.3 Å².